The highest BCUT2D eigenvalue weighted by molar-refractivity contribution is 4.91. The summed E-state index contributed by atoms with van der Waals surface area (Å²) in [5.74, 6) is 0. The van der Waals surface area contributed by atoms with Crippen molar-refractivity contribution in [2.75, 3.05) is 13.2 Å². The van der Waals surface area contributed by atoms with E-state index in [1.54, 1.807) is 4.68 Å². The lowest BCUT2D eigenvalue weighted by atomic mass is 10.2. The molecule has 0 atom stereocenters. The number of unbranched alkanes of at least 4 members (excludes halogenated alkanes) is 2. The van der Waals surface area contributed by atoms with Crippen LogP contribution in [0.2, 0.25) is 0 Å². The van der Waals surface area contributed by atoms with Crippen molar-refractivity contribution in [2.24, 2.45) is 0 Å². The molecule has 1 rings (SSSR count). The Balaban J connectivity index is 2.14. The van der Waals surface area contributed by atoms with Crippen molar-refractivity contribution >= 4 is 0 Å². The monoisotopic (exact) mass is 226 g/mol. The van der Waals surface area contributed by atoms with Crippen LogP contribution >= 0.6 is 0 Å². The van der Waals surface area contributed by atoms with Crippen molar-refractivity contribution in [2.45, 2.75) is 45.7 Å². The molecule has 1 heterocycles. The number of aromatic nitrogens is 3. The summed E-state index contributed by atoms with van der Waals surface area (Å²) in [5.41, 5.74) is 0.967. The minimum atomic E-state index is 0.199. The number of hydrogen-bond acceptors (Lipinski definition) is 4. The molecule has 0 saturated carbocycles. The van der Waals surface area contributed by atoms with Gasteiger partial charge in [-0.15, -0.1) is 5.10 Å². The largest absolute Gasteiger partial charge is 0.396 e. The zero-order valence-electron chi connectivity index (χ0n) is 10.0. The summed E-state index contributed by atoms with van der Waals surface area (Å²) in [6.45, 7) is 4.96. The van der Waals surface area contributed by atoms with Crippen LogP contribution < -0.4 is 5.32 Å². The molecule has 0 aromatic carbocycles. The van der Waals surface area contributed by atoms with Crippen LogP contribution in [0.1, 0.15) is 38.3 Å². The second-order valence-electron chi connectivity index (χ2n) is 3.93. The first kappa shape index (κ1) is 13.1. The summed E-state index contributed by atoms with van der Waals surface area (Å²) < 4.78 is 1.78. The molecule has 16 heavy (non-hydrogen) atoms. The predicted octanol–water partition coefficient (Wildman–Crippen LogP) is 0.940. The van der Waals surface area contributed by atoms with Gasteiger partial charge in [-0.1, -0.05) is 25.0 Å². The number of aliphatic hydroxyl groups is 1. The van der Waals surface area contributed by atoms with Crippen LogP contribution in [0.4, 0.5) is 0 Å². The van der Waals surface area contributed by atoms with Crippen LogP contribution in [0, 0.1) is 0 Å². The van der Waals surface area contributed by atoms with E-state index < -0.39 is 0 Å². The number of hydrogen-bond donors (Lipinski definition) is 2. The van der Waals surface area contributed by atoms with Gasteiger partial charge in [0.1, 0.15) is 0 Å². The highest BCUT2D eigenvalue weighted by Crippen LogP contribution is 1.95. The fraction of sp³-hybridized carbons (Fsp3) is 0.818. The van der Waals surface area contributed by atoms with Gasteiger partial charge >= 0.3 is 0 Å². The summed E-state index contributed by atoms with van der Waals surface area (Å²) in [5, 5.41) is 20.1. The van der Waals surface area contributed by atoms with Crippen LogP contribution in [0.25, 0.3) is 0 Å². The Kier molecular flexibility index (Phi) is 6.76. The Morgan fingerprint density at radius 3 is 3.00 bits per heavy atom. The van der Waals surface area contributed by atoms with E-state index in [1.807, 2.05) is 6.20 Å². The molecular formula is C11H22N4O. The van der Waals surface area contributed by atoms with Gasteiger partial charge < -0.3 is 10.4 Å². The Labute approximate surface area is 96.9 Å². The average Bonchev–Trinajstić information content (AvgIpc) is 2.74. The zero-order valence-corrected chi connectivity index (χ0v) is 10.0. The summed E-state index contributed by atoms with van der Waals surface area (Å²) in [7, 11) is 0. The maximum atomic E-state index is 8.68. The van der Waals surface area contributed by atoms with Crippen molar-refractivity contribution < 1.29 is 5.11 Å². The third-order valence-electron chi connectivity index (χ3n) is 2.39. The maximum absolute atomic E-state index is 8.68. The molecular weight excluding hydrogens is 204 g/mol. The number of nitrogens with one attached hydrogen (secondary N) is 1. The van der Waals surface area contributed by atoms with Crippen LogP contribution in [-0.2, 0) is 13.1 Å². The van der Waals surface area contributed by atoms with Gasteiger partial charge in [0, 0.05) is 25.9 Å². The van der Waals surface area contributed by atoms with Gasteiger partial charge in [-0.05, 0) is 19.4 Å². The van der Waals surface area contributed by atoms with Crippen LogP contribution in [0.5, 0.6) is 0 Å². The first-order chi connectivity index (χ1) is 7.86. The topological polar surface area (TPSA) is 63.0 Å². The van der Waals surface area contributed by atoms with E-state index in [0.29, 0.717) is 0 Å². The minimum absolute atomic E-state index is 0.199. The molecule has 2 N–H and O–H groups in total. The summed E-state index contributed by atoms with van der Waals surface area (Å²) in [6, 6.07) is 0. The number of rotatable bonds is 9. The molecule has 5 heteroatoms. The van der Waals surface area contributed by atoms with Crippen molar-refractivity contribution in [3.8, 4) is 0 Å². The molecule has 0 saturated heterocycles. The fourth-order valence-corrected chi connectivity index (χ4v) is 1.48. The molecule has 0 amide bonds. The summed E-state index contributed by atoms with van der Waals surface area (Å²) in [6.07, 6.45) is 6.40. The van der Waals surface area contributed by atoms with Crippen LogP contribution in [0.15, 0.2) is 6.20 Å². The van der Waals surface area contributed by atoms with E-state index in [0.717, 1.165) is 31.7 Å². The van der Waals surface area contributed by atoms with Crippen LogP contribution in [-0.4, -0.2) is 33.3 Å². The van der Waals surface area contributed by atoms with Crippen molar-refractivity contribution in [3.63, 3.8) is 0 Å². The molecule has 0 unspecified atom stereocenters. The summed E-state index contributed by atoms with van der Waals surface area (Å²) in [4.78, 5) is 0. The third-order valence-corrected chi connectivity index (χ3v) is 2.39. The highest BCUT2D eigenvalue weighted by atomic mass is 16.3. The Morgan fingerprint density at radius 1 is 1.38 bits per heavy atom. The van der Waals surface area contributed by atoms with E-state index in [2.05, 4.69) is 22.6 Å². The lowest BCUT2D eigenvalue weighted by molar-refractivity contribution is 0.276. The molecule has 0 aliphatic heterocycles. The van der Waals surface area contributed by atoms with Gasteiger partial charge in [0.25, 0.3) is 0 Å². The van der Waals surface area contributed by atoms with Gasteiger partial charge in [-0.3, -0.25) is 4.68 Å². The first-order valence-corrected chi connectivity index (χ1v) is 6.07. The predicted molar refractivity (Wildman–Crippen MR) is 63.0 cm³/mol. The molecule has 0 fully saturated rings. The number of aliphatic hydroxyl groups excluding tert-OH is 1. The van der Waals surface area contributed by atoms with Crippen molar-refractivity contribution in [1.82, 2.24) is 20.3 Å². The average molecular weight is 226 g/mol. The lowest BCUT2D eigenvalue weighted by Crippen LogP contribution is -2.14. The molecule has 92 valence electrons. The fourth-order valence-electron chi connectivity index (χ4n) is 1.48. The van der Waals surface area contributed by atoms with E-state index in [4.69, 9.17) is 5.11 Å². The van der Waals surface area contributed by atoms with Gasteiger partial charge in [0.15, 0.2) is 0 Å². The summed E-state index contributed by atoms with van der Waals surface area (Å²) >= 11 is 0. The smallest absolute Gasteiger partial charge is 0.0964 e. The molecule has 1 aromatic rings. The quantitative estimate of drug-likeness (QED) is 0.615. The van der Waals surface area contributed by atoms with Gasteiger partial charge in [-0.25, -0.2) is 0 Å². The third kappa shape index (κ3) is 5.23. The second kappa shape index (κ2) is 8.24. The van der Waals surface area contributed by atoms with Crippen molar-refractivity contribution in [1.29, 1.82) is 0 Å². The molecule has 0 bridgehead atoms. The van der Waals surface area contributed by atoms with Gasteiger partial charge in [-0.2, -0.15) is 0 Å². The van der Waals surface area contributed by atoms with E-state index in [-0.39, 0.29) is 6.61 Å². The molecule has 5 nitrogen and oxygen atoms in total. The van der Waals surface area contributed by atoms with E-state index in [9.17, 15) is 0 Å². The highest BCUT2D eigenvalue weighted by Gasteiger charge is 1.99. The van der Waals surface area contributed by atoms with Crippen molar-refractivity contribution in [3.05, 3.63) is 11.9 Å². The lowest BCUT2D eigenvalue weighted by Gasteiger charge is -2.00. The maximum Gasteiger partial charge on any atom is 0.0964 e. The van der Waals surface area contributed by atoms with Gasteiger partial charge in [0.05, 0.1) is 5.69 Å². The first-order valence-electron chi connectivity index (χ1n) is 6.07. The van der Waals surface area contributed by atoms with E-state index in [1.165, 1.54) is 19.3 Å². The normalized spacial score (nSPS) is 10.9. The van der Waals surface area contributed by atoms with E-state index >= 15 is 0 Å². The number of aryl methyl sites for hydroxylation is 1. The Bertz CT molecular complexity index is 275. The molecule has 0 aliphatic rings. The van der Waals surface area contributed by atoms with Crippen LogP contribution in [0.3, 0.4) is 0 Å². The SMILES string of the molecule is CCCCCNCc1cn(CCCO)nn1. The molecule has 1 aromatic heterocycles. The second-order valence-corrected chi connectivity index (χ2v) is 3.93. The molecule has 0 radical (unpaired) electrons. The Hall–Kier alpha value is -0.940. The molecule has 0 aliphatic carbocycles. The molecule has 0 spiro atoms. The zero-order chi connectivity index (χ0) is 11.6. The van der Waals surface area contributed by atoms with Gasteiger partial charge in [0.2, 0.25) is 0 Å². The Morgan fingerprint density at radius 2 is 2.25 bits per heavy atom. The minimum Gasteiger partial charge on any atom is -0.396 e. The number of nitrogens with zero attached hydrogens (tertiary/aromatic N) is 3. The standard InChI is InChI=1S/C11H22N4O/c1-2-3-4-6-12-9-11-10-15(14-13-11)7-5-8-16/h10,12,16H,2-9H2,1H3.